The molecule has 2 heterocycles. The van der Waals surface area contributed by atoms with E-state index in [-0.39, 0.29) is 17.4 Å². The number of nitrogens with one attached hydrogen (secondary N) is 1. The van der Waals surface area contributed by atoms with Gasteiger partial charge in [-0.2, -0.15) is 4.98 Å². The summed E-state index contributed by atoms with van der Waals surface area (Å²) in [6, 6.07) is 6.69. The summed E-state index contributed by atoms with van der Waals surface area (Å²) in [4.78, 5) is 21.8. The van der Waals surface area contributed by atoms with Crippen molar-refractivity contribution in [1.82, 2.24) is 9.97 Å². The van der Waals surface area contributed by atoms with Crippen LogP contribution in [0.25, 0.3) is 0 Å². The van der Waals surface area contributed by atoms with Crippen molar-refractivity contribution in [2.45, 2.75) is 32.2 Å². The van der Waals surface area contributed by atoms with Gasteiger partial charge >= 0.3 is 0 Å². The van der Waals surface area contributed by atoms with E-state index in [9.17, 15) is 10.1 Å². The average molecular weight is 357 g/mol. The molecule has 1 aliphatic heterocycles. The van der Waals surface area contributed by atoms with Gasteiger partial charge in [-0.1, -0.05) is 13.3 Å². The minimum Gasteiger partial charge on any atom is -0.393 e. The Labute approximate surface area is 151 Å². The number of aryl methyl sites for hydroxylation is 1. The molecule has 0 amide bonds. The molecule has 1 aliphatic rings. The maximum atomic E-state index is 11.1. The Morgan fingerprint density at radius 3 is 2.85 bits per heavy atom. The van der Waals surface area contributed by atoms with Crippen LogP contribution in [-0.2, 0) is 6.42 Å². The monoisotopic (exact) mass is 357 g/mol. The van der Waals surface area contributed by atoms with Gasteiger partial charge in [-0.3, -0.25) is 10.1 Å². The third-order valence-corrected chi connectivity index (χ3v) is 4.30. The Morgan fingerprint density at radius 1 is 1.38 bits per heavy atom. The van der Waals surface area contributed by atoms with Crippen LogP contribution in [0.1, 0.15) is 25.5 Å². The molecule has 0 spiro atoms. The van der Waals surface area contributed by atoms with Crippen LogP contribution >= 0.6 is 0 Å². The first-order valence-corrected chi connectivity index (χ1v) is 8.65. The number of rotatable bonds is 6. The van der Waals surface area contributed by atoms with Gasteiger partial charge in [-0.25, -0.2) is 4.98 Å². The van der Waals surface area contributed by atoms with Gasteiger partial charge in [0.2, 0.25) is 5.95 Å². The van der Waals surface area contributed by atoms with Crippen molar-refractivity contribution >= 4 is 28.8 Å². The molecule has 1 aromatic heterocycles. The fourth-order valence-corrected chi connectivity index (χ4v) is 2.99. The van der Waals surface area contributed by atoms with Gasteiger partial charge in [-0.15, -0.1) is 0 Å². The van der Waals surface area contributed by atoms with E-state index in [1.165, 1.54) is 12.1 Å². The van der Waals surface area contributed by atoms with Gasteiger partial charge in [-0.05, 0) is 25.0 Å². The molecule has 1 aromatic carbocycles. The highest BCUT2D eigenvalue weighted by Crippen LogP contribution is 2.27. The second-order valence-electron chi connectivity index (χ2n) is 6.44. The van der Waals surface area contributed by atoms with E-state index in [0.717, 1.165) is 43.9 Å². The Balaban J connectivity index is 1.90. The molecule has 1 atom stereocenters. The number of nitrogens with zero attached hydrogens (tertiary/aromatic N) is 4. The van der Waals surface area contributed by atoms with Crippen LogP contribution in [-0.4, -0.2) is 34.0 Å². The van der Waals surface area contributed by atoms with Gasteiger partial charge in [0.05, 0.1) is 4.92 Å². The molecular weight excluding hydrogens is 334 g/mol. The lowest BCUT2D eigenvalue weighted by molar-refractivity contribution is -0.383. The lowest BCUT2D eigenvalue weighted by atomic mass is 10.2. The maximum absolute atomic E-state index is 11.1. The molecule has 9 heteroatoms. The molecule has 26 heavy (non-hydrogen) atoms. The van der Waals surface area contributed by atoms with Crippen LogP contribution in [0.2, 0.25) is 0 Å². The summed E-state index contributed by atoms with van der Waals surface area (Å²) >= 11 is 0. The Kier molecular flexibility index (Phi) is 5.17. The lowest BCUT2D eigenvalue weighted by Gasteiger charge is -2.19. The normalized spacial score (nSPS) is 16.7. The number of nitrogens with two attached hydrogens (primary N) is 2. The number of nitrogen functional groups attached to an aromatic ring is 1. The van der Waals surface area contributed by atoms with Crippen LogP contribution in [0.4, 0.5) is 28.8 Å². The van der Waals surface area contributed by atoms with E-state index < -0.39 is 4.92 Å². The van der Waals surface area contributed by atoms with Crippen molar-refractivity contribution < 1.29 is 4.92 Å². The zero-order chi connectivity index (χ0) is 18.7. The smallest absolute Gasteiger partial charge is 0.294 e. The van der Waals surface area contributed by atoms with E-state index in [2.05, 4.69) is 27.1 Å². The minimum atomic E-state index is -0.508. The Hall–Kier alpha value is -2.94. The van der Waals surface area contributed by atoms with Gasteiger partial charge < -0.3 is 21.7 Å². The largest absolute Gasteiger partial charge is 0.393 e. The third-order valence-electron chi connectivity index (χ3n) is 4.30. The molecule has 0 unspecified atom stereocenters. The summed E-state index contributed by atoms with van der Waals surface area (Å²) in [5.74, 6) is 1.23. The molecule has 1 saturated heterocycles. The molecule has 0 aliphatic carbocycles. The first-order valence-electron chi connectivity index (χ1n) is 8.65. The van der Waals surface area contributed by atoms with Crippen molar-refractivity contribution in [3.63, 3.8) is 0 Å². The van der Waals surface area contributed by atoms with Gasteiger partial charge in [0, 0.05) is 42.6 Å². The fourth-order valence-electron chi connectivity index (χ4n) is 2.99. The van der Waals surface area contributed by atoms with Crippen LogP contribution in [0.5, 0.6) is 0 Å². The molecule has 3 rings (SSSR count). The molecule has 0 radical (unpaired) electrons. The number of hydrogen-bond donors (Lipinski definition) is 3. The first kappa shape index (κ1) is 17.9. The van der Waals surface area contributed by atoms with Crippen molar-refractivity contribution in [3.05, 3.63) is 40.1 Å². The average Bonchev–Trinajstić information content (AvgIpc) is 3.03. The Bertz CT molecular complexity index is 812. The van der Waals surface area contributed by atoms with Crippen molar-refractivity contribution in [1.29, 1.82) is 0 Å². The van der Waals surface area contributed by atoms with Crippen LogP contribution < -0.4 is 21.7 Å². The summed E-state index contributed by atoms with van der Waals surface area (Å²) < 4.78 is 0. The molecular formula is C17H23N7O2. The van der Waals surface area contributed by atoms with Crippen molar-refractivity contribution in [3.8, 4) is 0 Å². The van der Waals surface area contributed by atoms with Crippen molar-refractivity contribution in [2.75, 3.05) is 29.0 Å². The number of aromatic nitrogens is 2. The summed E-state index contributed by atoms with van der Waals surface area (Å²) in [5.41, 5.74) is 13.1. The standard InChI is InChI=1S/C17H23N7O2/c1-2-3-12-9-16(23-7-6-11(18)10-23)22-17(20-12)21-13-4-5-14(19)15(8-13)24(25)26/h4-5,8-9,11H,2-3,6-7,10,18-19H2,1H3,(H,20,21,22)/t11-/m0/s1. The SMILES string of the molecule is CCCc1cc(N2CC[C@H](N)C2)nc(Nc2ccc(N)c([N+](=O)[O-])c2)n1. The minimum absolute atomic E-state index is 0.118. The van der Waals surface area contributed by atoms with E-state index in [4.69, 9.17) is 11.5 Å². The number of nitro groups is 1. The molecule has 9 nitrogen and oxygen atoms in total. The van der Waals surface area contributed by atoms with Gasteiger partial charge in [0.15, 0.2) is 0 Å². The fraction of sp³-hybridized carbons (Fsp3) is 0.412. The maximum Gasteiger partial charge on any atom is 0.294 e. The third kappa shape index (κ3) is 3.99. The number of hydrogen-bond acceptors (Lipinski definition) is 8. The summed E-state index contributed by atoms with van der Waals surface area (Å²) in [6.07, 6.45) is 2.72. The zero-order valence-corrected chi connectivity index (χ0v) is 14.7. The van der Waals surface area contributed by atoms with E-state index in [1.807, 2.05) is 6.07 Å². The van der Waals surface area contributed by atoms with Crippen molar-refractivity contribution in [2.24, 2.45) is 5.73 Å². The van der Waals surface area contributed by atoms with E-state index >= 15 is 0 Å². The molecule has 0 bridgehead atoms. The quantitative estimate of drug-likeness (QED) is 0.406. The highest BCUT2D eigenvalue weighted by Gasteiger charge is 2.21. The van der Waals surface area contributed by atoms with Crippen LogP contribution in [0.15, 0.2) is 24.3 Å². The zero-order valence-electron chi connectivity index (χ0n) is 14.7. The molecule has 1 fully saturated rings. The van der Waals surface area contributed by atoms with Crippen LogP contribution in [0.3, 0.4) is 0 Å². The molecule has 2 aromatic rings. The lowest BCUT2D eigenvalue weighted by Crippen LogP contribution is -2.27. The number of benzene rings is 1. The van der Waals surface area contributed by atoms with E-state index in [0.29, 0.717) is 11.6 Å². The number of nitro benzene ring substituents is 1. The molecule has 5 N–H and O–H groups in total. The number of anilines is 4. The van der Waals surface area contributed by atoms with Gasteiger partial charge in [0.1, 0.15) is 11.5 Å². The Morgan fingerprint density at radius 2 is 2.19 bits per heavy atom. The predicted octanol–water partition coefficient (Wildman–Crippen LogP) is 2.20. The molecule has 138 valence electrons. The second kappa shape index (κ2) is 7.52. The first-order chi connectivity index (χ1) is 12.5. The van der Waals surface area contributed by atoms with Crippen LogP contribution in [0, 0.1) is 10.1 Å². The highest BCUT2D eigenvalue weighted by atomic mass is 16.6. The topological polar surface area (TPSA) is 136 Å². The van der Waals surface area contributed by atoms with E-state index in [1.54, 1.807) is 6.07 Å². The molecule has 0 saturated carbocycles. The summed E-state index contributed by atoms with van der Waals surface area (Å²) in [5, 5.41) is 14.1. The highest BCUT2D eigenvalue weighted by molar-refractivity contribution is 5.68. The summed E-state index contributed by atoms with van der Waals surface area (Å²) in [7, 11) is 0. The second-order valence-corrected chi connectivity index (χ2v) is 6.44. The van der Waals surface area contributed by atoms with Gasteiger partial charge in [0.25, 0.3) is 5.69 Å². The summed E-state index contributed by atoms with van der Waals surface area (Å²) in [6.45, 7) is 3.70. The predicted molar refractivity (Wildman–Crippen MR) is 102 cm³/mol.